The number of aliphatic hydroxyl groups is 1. The van der Waals surface area contributed by atoms with Crippen LogP contribution in [0.25, 0.3) is 0 Å². The lowest BCUT2D eigenvalue weighted by atomic mass is 10.00. The molecule has 0 aliphatic carbocycles. The number of ether oxygens (including phenoxy) is 1. The summed E-state index contributed by atoms with van der Waals surface area (Å²) >= 11 is 0. The highest BCUT2D eigenvalue weighted by molar-refractivity contribution is 5.95. The van der Waals surface area contributed by atoms with E-state index in [0.29, 0.717) is 18.0 Å². The Morgan fingerprint density at radius 2 is 2.15 bits per heavy atom. The largest absolute Gasteiger partial charge is 0.497 e. The first-order valence-corrected chi connectivity index (χ1v) is 7.16. The zero-order chi connectivity index (χ0) is 15.0. The summed E-state index contributed by atoms with van der Waals surface area (Å²) in [5.74, 6) is 1.03. The molecule has 0 fully saturated rings. The summed E-state index contributed by atoms with van der Waals surface area (Å²) in [4.78, 5) is 12.2. The lowest BCUT2D eigenvalue weighted by molar-refractivity contribution is 0.0942. The molecule has 0 heterocycles. The third kappa shape index (κ3) is 4.85. The molecule has 0 saturated heterocycles. The van der Waals surface area contributed by atoms with Crippen molar-refractivity contribution in [2.45, 2.75) is 33.1 Å². The van der Waals surface area contributed by atoms with E-state index in [2.05, 4.69) is 12.2 Å². The molecule has 0 radical (unpaired) electrons. The van der Waals surface area contributed by atoms with Gasteiger partial charge in [-0.05, 0) is 49.4 Å². The van der Waals surface area contributed by atoms with Crippen molar-refractivity contribution < 1.29 is 14.6 Å². The van der Waals surface area contributed by atoms with Gasteiger partial charge >= 0.3 is 0 Å². The Morgan fingerprint density at radius 1 is 1.40 bits per heavy atom. The van der Waals surface area contributed by atoms with E-state index >= 15 is 0 Å². The van der Waals surface area contributed by atoms with E-state index in [4.69, 9.17) is 9.84 Å². The van der Waals surface area contributed by atoms with Crippen LogP contribution in [0.15, 0.2) is 18.2 Å². The summed E-state index contributed by atoms with van der Waals surface area (Å²) < 4.78 is 5.13. The second-order valence-corrected chi connectivity index (χ2v) is 5.06. The number of benzene rings is 1. The Balaban J connectivity index is 2.61. The van der Waals surface area contributed by atoms with Crippen molar-refractivity contribution >= 4 is 5.91 Å². The van der Waals surface area contributed by atoms with Crippen LogP contribution in [0.2, 0.25) is 0 Å². The molecule has 20 heavy (non-hydrogen) atoms. The van der Waals surface area contributed by atoms with Gasteiger partial charge in [-0.2, -0.15) is 0 Å². The fourth-order valence-corrected chi connectivity index (χ4v) is 2.29. The lowest BCUT2D eigenvalue weighted by Crippen LogP contribution is -2.30. The SMILES string of the molecule is CCCC(CCO)CNC(=O)c1ccc(OC)cc1C. The maximum absolute atomic E-state index is 12.2. The van der Waals surface area contributed by atoms with Crippen LogP contribution in [0.5, 0.6) is 5.75 Å². The molecule has 1 amide bonds. The molecule has 0 spiro atoms. The van der Waals surface area contributed by atoms with Gasteiger partial charge < -0.3 is 15.2 Å². The average Bonchev–Trinajstić information content (AvgIpc) is 2.44. The molecular formula is C16H25NO3. The predicted molar refractivity (Wildman–Crippen MR) is 80.2 cm³/mol. The highest BCUT2D eigenvalue weighted by atomic mass is 16.5. The maximum atomic E-state index is 12.2. The number of hydrogen-bond acceptors (Lipinski definition) is 3. The number of carbonyl (C=O) groups is 1. The summed E-state index contributed by atoms with van der Waals surface area (Å²) in [5, 5.41) is 12.0. The Kier molecular flexibility index (Phi) is 7.09. The van der Waals surface area contributed by atoms with Crippen LogP contribution in [0.3, 0.4) is 0 Å². The minimum absolute atomic E-state index is 0.0656. The van der Waals surface area contributed by atoms with Crippen LogP contribution in [0.1, 0.15) is 42.1 Å². The predicted octanol–water partition coefficient (Wildman–Crippen LogP) is 2.53. The van der Waals surface area contributed by atoms with Crippen molar-refractivity contribution in [1.29, 1.82) is 0 Å². The molecule has 1 aromatic rings. The van der Waals surface area contributed by atoms with E-state index in [-0.39, 0.29) is 12.5 Å². The maximum Gasteiger partial charge on any atom is 0.251 e. The first-order valence-electron chi connectivity index (χ1n) is 7.16. The molecule has 112 valence electrons. The normalized spacial score (nSPS) is 12.0. The molecular weight excluding hydrogens is 254 g/mol. The van der Waals surface area contributed by atoms with Crippen molar-refractivity contribution in [3.05, 3.63) is 29.3 Å². The number of aliphatic hydroxyl groups excluding tert-OH is 1. The summed E-state index contributed by atoms with van der Waals surface area (Å²) in [6.07, 6.45) is 2.81. The molecule has 0 aromatic heterocycles. The topological polar surface area (TPSA) is 58.6 Å². The Hall–Kier alpha value is -1.55. The average molecular weight is 279 g/mol. The van der Waals surface area contributed by atoms with Crippen LogP contribution in [-0.2, 0) is 0 Å². The molecule has 1 unspecified atom stereocenters. The highest BCUT2D eigenvalue weighted by Gasteiger charge is 2.12. The number of methoxy groups -OCH3 is 1. The van der Waals surface area contributed by atoms with E-state index in [1.165, 1.54) is 0 Å². The minimum atomic E-state index is -0.0656. The van der Waals surface area contributed by atoms with Crippen molar-refractivity contribution in [2.75, 3.05) is 20.3 Å². The smallest absolute Gasteiger partial charge is 0.251 e. The molecule has 0 aliphatic rings. The van der Waals surface area contributed by atoms with E-state index in [1.54, 1.807) is 19.2 Å². The Bertz CT molecular complexity index is 426. The van der Waals surface area contributed by atoms with Gasteiger partial charge in [0, 0.05) is 18.7 Å². The molecule has 2 N–H and O–H groups in total. The highest BCUT2D eigenvalue weighted by Crippen LogP contribution is 2.17. The molecule has 1 atom stereocenters. The summed E-state index contributed by atoms with van der Waals surface area (Å²) in [6.45, 7) is 4.79. The quantitative estimate of drug-likeness (QED) is 0.769. The molecule has 0 bridgehead atoms. The zero-order valence-corrected chi connectivity index (χ0v) is 12.6. The van der Waals surface area contributed by atoms with Crippen molar-refractivity contribution in [3.63, 3.8) is 0 Å². The molecule has 0 aliphatic heterocycles. The molecule has 4 heteroatoms. The lowest BCUT2D eigenvalue weighted by Gasteiger charge is -2.16. The van der Waals surface area contributed by atoms with Crippen LogP contribution >= 0.6 is 0 Å². The molecule has 1 rings (SSSR count). The van der Waals surface area contributed by atoms with Gasteiger partial charge in [-0.15, -0.1) is 0 Å². The monoisotopic (exact) mass is 279 g/mol. The van der Waals surface area contributed by atoms with Gasteiger partial charge in [-0.1, -0.05) is 13.3 Å². The minimum Gasteiger partial charge on any atom is -0.497 e. The summed E-state index contributed by atoms with van der Waals surface area (Å²) in [6, 6.07) is 5.43. The number of aryl methyl sites for hydroxylation is 1. The number of nitrogens with one attached hydrogen (secondary N) is 1. The van der Waals surface area contributed by atoms with Gasteiger partial charge in [-0.25, -0.2) is 0 Å². The number of carbonyl (C=O) groups excluding carboxylic acids is 1. The fourth-order valence-electron chi connectivity index (χ4n) is 2.29. The fraction of sp³-hybridized carbons (Fsp3) is 0.562. The van der Waals surface area contributed by atoms with E-state index < -0.39 is 0 Å². The third-order valence-electron chi connectivity index (χ3n) is 3.46. The van der Waals surface area contributed by atoms with E-state index in [0.717, 1.165) is 30.6 Å². The number of amides is 1. The van der Waals surface area contributed by atoms with Crippen LogP contribution < -0.4 is 10.1 Å². The molecule has 0 saturated carbocycles. The second kappa shape index (κ2) is 8.59. The second-order valence-electron chi connectivity index (χ2n) is 5.06. The number of rotatable bonds is 8. The van der Waals surface area contributed by atoms with E-state index in [9.17, 15) is 4.79 Å². The van der Waals surface area contributed by atoms with Crippen LogP contribution in [-0.4, -0.2) is 31.3 Å². The van der Waals surface area contributed by atoms with Gasteiger partial charge in [0.05, 0.1) is 7.11 Å². The van der Waals surface area contributed by atoms with Crippen LogP contribution in [0, 0.1) is 12.8 Å². The standard InChI is InChI=1S/C16H25NO3/c1-4-5-13(8-9-18)11-17-16(19)15-7-6-14(20-3)10-12(15)2/h6-7,10,13,18H,4-5,8-9,11H2,1-3H3,(H,17,19). The first-order chi connectivity index (χ1) is 9.62. The van der Waals surface area contributed by atoms with Crippen molar-refractivity contribution in [3.8, 4) is 5.75 Å². The third-order valence-corrected chi connectivity index (χ3v) is 3.46. The van der Waals surface area contributed by atoms with Gasteiger partial charge in [0.15, 0.2) is 0 Å². The molecule has 4 nitrogen and oxygen atoms in total. The summed E-state index contributed by atoms with van der Waals surface area (Å²) in [5.41, 5.74) is 1.57. The Morgan fingerprint density at radius 3 is 2.70 bits per heavy atom. The van der Waals surface area contributed by atoms with Gasteiger partial charge in [0.1, 0.15) is 5.75 Å². The van der Waals surface area contributed by atoms with Crippen molar-refractivity contribution in [2.24, 2.45) is 5.92 Å². The van der Waals surface area contributed by atoms with Gasteiger partial charge in [0.25, 0.3) is 5.91 Å². The molecule has 1 aromatic carbocycles. The zero-order valence-electron chi connectivity index (χ0n) is 12.6. The van der Waals surface area contributed by atoms with Crippen LogP contribution in [0.4, 0.5) is 0 Å². The van der Waals surface area contributed by atoms with Gasteiger partial charge in [-0.3, -0.25) is 4.79 Å². The van der Waals surface area contributed by atoms with Gasteiger partial charge in [0.2, 0.25) is 0 Å². The van der Waals surface area contributed by atoms with Crippen molar-refractivity contribution in [1.82, 2.24) is 5.32 Å². The number of hydrogen-bond donors (Lipinski definition) is 2. The first kappa shape index (κ1) is 16.5. The summed E-state index contributed by atoms with van der Waals surface area (Å²) in [7, 11) is 1.61. The van der Waals surface area contributed by atoms with E-state index in [1.807, 2.05) is 13.0 Å². The Labute approximate surface area is 121 Å².